The first-order valence-electron chi connectivity index (χ1n) is 11.1. The molecule has 2 aliphatic rings. The summed E-state index contributed by atoms with van der Waals surface area (Å²) in [4.78, 5) is 7.34. The van der Waals surface area contributed by atoms with Crippen molar-refractivity contribution in [2.75, 3.05) is 0 Å². The predicted octanol–water partition coefficient (Wildman–Crippen LogP) is 6.87. The van der Waals surface area contributed by atoms with Gasteiger partial charge in [-0.15, -0.1) is 0 Å². The summed E-state index contributed by atoms with van der Waals surface area (Å²) in [7, 11) is 0. The molecule has 162 valence electrons. The molecule has 2 aliphatic heterocycles. The standard InChI is InChI=1S/C27H25Cl2N3/c1-18-7-6-12-25(31-18)27(17-30)15-19-13-14-20(16-27)32(19)26(21-8-2-4-10-23(21)28)22-9-3-5-11-24(22)29/h2-12,19-20,26H,13-16H2,1H3. The van der Waals surface area contributed by atoms with Crippen LogP contribution < -0.4 is 0 Å². The Morgan fingerprint density at radius 3 is 1.97 bits per heavy atom. The lowest BCUT2D eigenvalue weighted by Crippen LogP contribution is -2.51. The molecule has 5 heteroatoms. The Morgan fingerprint density at radius 1 is 0.906 bits per heavy atom. The number of halogens is 2. The Bertz CT molecular complexity index is 1130. The van der Waals surface area contributed by atoms with Gasteiger partial charge >= 0.3 is 0 Å². The average molecular weight is 462 g/mol. The molecule has 32 heavy (non-hydrogen) atoms. The van der Waals surface area contributed by atoms with Crippen molar-refractivity contribution < 1.29 is 0 Å². The third-order valence-corrected chi connectivity index (χ3v) is 7.82. The van der Waals surface area contributed by atoms with Crippen LogP contribution in [0, 0.1) is 18.3 Å². The van der Waals surface area contributed by atoms with Gasteiger partial charge in [0.2, 0.25) is 0 Å². The molecule has 3 nitrogen and oxygen atoms in total. The van der Waals surface area contributed by atoms with Gasteiger partial charge < -0.3 is 0 Å². The molecule has 0 radical (unpaired) electrons. The Balaban J connectivity index is 1.59. The summed E-state index contributed by atoms with van der Waals surface area (Å²) in [5.41, 5.74) is 3.44. The fourth-order valence-corrected chi connectivity index (χ4v) is 6.23. The zero-order valence-electron chi connectivity index (χ0n) is 18.0. The first kappa shape index (κ1) is 21.5. The zero-order chi connectivity index (χ0) is 22.3. The lowest BCUT2D eigenvalue weighted by Gasteiger charge is -2.47. The molecule has 0 aliphatic carbocycles. The second kappa shape index (κ2) is 8.52. The maximum Gasteiger partial charge on any atom is 0.102 e. The second-order valence-corrected chi connectivity index (χ2v) is 9.86. The van der Waals surface area contributed by atoms with Crippen LogP contribution in [-0.4, -0.2) is 22.0 Å². The van der Waals surface area contributed by atoms with E-state index in [2.05, 4.69) is 23.1 Å². The molecule has 3 heterocycles. The van der Waals surface area contributed by atoms with E-state index < -0.39 is 5.41 Å². The Morgan fingerprint density at radius 2 is 1.47 bits per heavy atom. The van der Waals surface area contributed by atoms with Gasteiger partial charge in [0.05, 0.1) is 17.8 Å². The van der Waals surface area contributed by atoms with E-state index in [0.29, 0.717) is 0 Å². The molecule has 2 fully saturated rings. The topological polar surface area (TPSA) is 39.9 Å². The van der Waals surface area contributed by atoms with Gasteiger partial charge in [-0.3, -0.25) is 9.88 Å². The van der Waals surface area contributed by atoms with Crippen molar-refractivity contribution in [2.45, 2.75) is 56.1 Å². The number of pyridine rings is 1. The molecule has 0 amide bonds. The summed E-state index contributed by atoms with van der Waals surface area (Å²) < 4.78 is 0. The van der Waals surface area contributed by atoms with Crippen LogP contribution in [-0.2, 0) is 5.41 Å². The average Bonchev–Trinajstić information content (AvgIpc) is 3.06. The smallest absolute Gasteiger partial charge is 0.102 e. The van der Waals surface area contributed by atoms with Crippen molar-refractivity contribution in [3.8, 4) is 6.07 Å². The van der Waals surface area contributed by atoms with Gasteiger partial charge in [-0.1, -0.05) is 65.7 Å². The first-order valence-corrected chi connectivity index (χ1v) is 11.9. The van der Waals surface area contributed by atoms with E-state index in [4.69, 9.17) is 28.2 Å². The number of nitriles is 1. The van der Waals surface area contributed by atoms with Gasteiger partial charge in [-0.2, -0.15) is 5.26 Å². The van der Waals surface area contributed by atoms with Crippen LogP contribution in [0.4, 0.5) is 0 Å². The lowest BCUT2D eigenvalue weighted by molar-refractivity contribution is 0.0740. The minimum absolute atomic E-state index is 0.0444. The molecule has 2 bridgehead atoms. The molecule has 0 saturated carbocycles. The predicted molar refractivity (Wildman–Crippen MR) is 129 cm³/mol. The third kappa shape index (κ3) is 3.61. The molecule has 1 aromatic heterocycles. The van der Waals surface area contributed by atoms with E-state index in [-0.39, 0.29) is 18.1 Å². The number of aromatic nitrogens is 1. The maximum absolute atomic E-state index is 10.3. The minimum Gasteiger partial charge on any atom is -0.286 e. The minimum atomic E-state index is -0.556. The van der Waals surface area contributed by atoms with Crippen LogP contribution in [0.25, 0.3) is 0 Å². The first-order chi connectivity index (χ1) is 15.5. The van der Waals surface area contributed by atoms with E-state index in [1.54, 1.807) is 0 Å². The summed E-state index contributed by atoms with van der Waals surface area (Å²) in [5, 5.41) is 11.8. The molecule has 5 rings (SSSR count). The van der Waals surface area contributed by atoms with Gasteiger partial charge in [-0.25, -0.2) is 0 Å². The monoisotopic (exact) mass is 461 g/mol. The number of rotatable bonds is 4. The summed E-state index contributed by atoms with van der Waals surface area (Å²) in [6.07, 6.45) is 3.65. The van der Waals surface area contributed by atoms with E-state index in [0.717, 1.165) is 58.2 Å². The molecule has 0 spiro atoms. The number of hydrogen-bond acceptors (Lipinski definition) is 3. The van der Waals surface area contributed by atoms with Crippen LogP contribution in [0.1, 0.15) is 54.2 Å². The number of hydrogen-bond donors (Lipinski definition) is 0. The highest BCUT2D eigenvalue weighted by Crippen LogP contribution is 2.52. The molecule has 3 aromatic rings. The number of aryl methyl sites for hydroxylation is 1. The molecule has 0 N–H and O–H groups in total. The Hall–Kier alpha value is -2.38. The molecular weight excluding hydrogens is 437 g/mol. The Labute approximate surface area is 199 Å². The highest BCUT2D eigenvalue weighted by atomic mass is 35.5. The van der Waals surface area contributed by atoms with Crippen LogP contribution in [0.3, 0.4) is 0 Å². The van der Waals surface area contributed by atoms with Crippen molar-refractivity contribution >= 4 is 23.2 Å². The fourth-order valence-electron chi connectivity index (χ4n) is 5.76. The quantitative estimate of drug-likeness (QED) is 0.425. The highest BCUT2D eigenvalue weighted by Gasteiger charge is 2.52. The highest BCUT2D eigenvalue weighted by molar-refractivity contribution is 6.32. The summed E-state index contributed by atoms with van der Waals surface area (Å²) in [5.74, 6) is 0. The summed E-state index contributed by atoms with van der Waals surface area (Å²) in [6, 6.07) is 25.3. The zero-order valence-corrected chi connectivity index (χ0v) is 19.5. The maximum atomic E-state index is 10.3. The van der Waals surface area contributed by atoms with Gasteiger partial charge in [0, 0.05) is 27.8 Å². The molecule has 2 unspecified atom stereocenters. The van der Waals surface area contributed by atoms with E-state index in [9.17, 15) is 5.26 Å². The van der Waals surface area contributed by atoms with Gasteiger partial charge in [0.25, 0.3) is 0 Å². The fraction of sp³-hybridized carbons (Fsp3) is 0.333. The van der Waals surface area contributed by atoms with Crippen molar-refractivity contribution in [3.05, 3.63) is 99.3 Å². The summed E-state index contributed by atoms with van der Waals surface area (Å²) >= 11 is 13.4. The van der Waals surface area contributed by atoms with E-state index >= 15 is 0 Å². The molecule has 2 saturated heterocycles. The molecule has 2 aromatic carbocycles. The van der Waals surface area contributed by atoms with Crippen LogP contribution in [0.2, 0.25) is 10.0 Å². The van der Waals surface area contributed by atoms with Crippen LogP contribution in [0.5, 0.6) is 0 Å². The second-order valence-electron chi connectivity index (χ2n) is 9.04. The largest absolute Gasteiger partial charge is 0.286 e. The molecule has 2 atom stereocenters. The van der Waals surface area contributed by atoms with Crippen LogP contribution in [0.15, 0.2) is 66.7 Å². The van der Waals surface area contributed by atoms with Gasteiger partial charge in [-0.05, 0) is 68.0 Å². The normalized spacial score (nSPS) is 25.1. The van der Waals surface area contributed by atoms with Gasteiger partial charge in [0.15, 0.2) is 0 Å². The number of fused-ring (bicyclic) bond motifs is 2. The summed E-state index contributed by atoms with van der Waals surface area (Å²) in [6.45, 7) is 1.99. The molecular formula is C27H25Cl2N3. The number of piperidine rings is 1. The number of nitrogens with zero attached hydrogens (tertiary/aromatic N) is 3. The van der Waals surface area contributed by atoms with Crippen LogP contribution >= 0.6 is 23.2 Å². The van der Waals surface area contributed by atoms with Gasteiger partial charge in [0.1, 0.15) is 5.41 Å². The Kier molecular flexibility index (Phi) is 5.72. The lowest BCUT2D eigenvalue weighted by atomic mass is 9.72. The van der Waals surface area contributed by atoms with Crippen molar-refractivity contribution in [1.29, 1.82) is 5.26 Å². The van der Waals surface area contributed by atoms with Crippen molar-refractivity contribution in [3.63, 3.8) is 0 Å². The van der Waals surface area contributed by atoms with Crippen molar-refractivity contribution in [2.24, 2.45) is 0 Å². The number of benzene rings is 2. The third-order valence-electron chi connectivity index (χ3n) is 7.13. The van der Waals surface area contributed by atoms with E-state index in [1.807, 2.05) is 61.5 Å². The van der Waals surface area contributed by atoms with Crippen molar-refractivity contribution in [1.82, 2.24) is 9.88 Å². The SMILES string of the molecule is Cc1cccc(C2(C#N)CC3CCC(C2)N3C(c2ccccc2Cl)c2ccccc2Cl)n1. The van der Waals surface area contributed by atoms with E-state index in [1.165, 1.54) is 0 Å².